The SMILES string of the molecule is C=CCN(CCOC)C(=O)C(N)C(C)C. The highest BCUT2D eigenvalue weighted by molar-refractivity contribution is 5.82. The quantitative estimate of drug-likeness (QED) is 0.632. The van der Waals surface area contributed by atoms with Gasteiger partial charge in [0.05, 0.1) is 12.6 Å². The van der Waals surface area contributed by atoms with Gasteiger partial charge in [-0.2, -0.15) is 0 Å². The third kappa shape index (κ3) is 4.95. The molecule has 1 amide bonds. The van der Waals surface area contributed by atoms with E-state index >= 15 is 0 Å². The van der Waals surface area contributed by atoms with Crippen LogP contribution in [0.15, 0.2) is 12.7 Å². The van der Waals surface area contributed by atoms with E-state index in [9.17, 15) is 4.79 Å². The van der Waals surface area contributed by atoms with Crippen LogP contribution in [0, 0.1) is 5.92 Å². The van der Waals surface area contributed by atoms with Crippen LogP contribution in [0.5, 0.6) is 0 Å². The van der Waals surface area contributed by atoms with Gasteiger partial charge in [-0.1, -0.05) is 19.9 Å². The van der Waals surface area contributed by atoms with Gasteiger partial charge in [-0.05, 0) is 5.92 Å². The summed E-state index contributed by atoms with van der Waals surface area (Å²) >= 11 is 0. The highest BCUT2D eigenvalue weighted by atomic mass is 16.5. The van der Waals surface area contributed by atoms with Crippen molar-refractivity contribution in [3.8, 4) is 0 Å². The zero-order valence-corrected chi connectivity index (χ0v) is 9.90. The van der Waals surface area contributed by atoms with Gasteiger partial charge < -0.3 is 15.4 Å². The Labute approximate surface area is 92.1 Å². The molecule has 0 aromatic heterocycles. The molecule has 4 heteroatoms. The molecule has 1 unspecified atom stereocenters. The number of rotatable bonds is 7. The summed E-state index contributed by atoms with van der Waals surface area (Å²) in [6.07, 6.45) is 1.70. The second kappa shape index (κ2) is 7.43. The molecule has 1 atom stereocenters. The molecule has 0 aromatic carbocycles. The number of hydrogen-bond acceptors (Lipinski definition) is 3. The van der Waals surface area contributed by atoms with Gasteiger partial charge >= 0.3 is 0 Å². The summed E-state index contributed by atoms with van der Waals surface area (Å²) in [5, 5.41) is 0. The molecule has 88 valence electrons. The van der Waals surface area contributed by atoms with Crippen molar-refractivity contribution in [3.63, 3.8) is 0 Å². The molecule has 4 nitrogen and oxygen atoms in total. The fraction of sp³-hybridized carbons (Fsp3) is 0.727. The second-order valence-corrected chi connectivity index (χ2v) is 3.84. The van der Waals surface area contributed by atoms with Crippen LogP contribution in [-0.2, 0) is 9.53 Å². The van der Waals surface area contributed by atoms with Crippen LogP contribution < -0.4 is 5.73 Å². The van der Waals surface area contributed by atoms with E-state index < -0.39 is 6.04 Å². The Kier molecular flexibility index (Phi) is 6.99. The Morgan fingerprint density at radius 1 is 1.60 bits per heavy atom. The molecule has 0 saturated heterocycles. The van der Waals surface area contributed by atoms with Crippen LogP contribution in [0.2, 0.25) is 0 Å². The highest BCUT2D eigenvalue weighted by Crippen LogP contribution is 2.03. The first kappa shape index (κ1) is 14.1. The van der Waals surface area contributed by atoms with E-state index in [4.69, 9.17) is 10.5 Å². The summed E-state index contributed by atoms with van der Waals surface area (Å²) in [4.78, 5) is 13.5. The van der Waals surface area contributed by atoms with Crippen LogP contribution >= 0.6 is 0 Å². The van der Waals surface area contributed by atoms with Crippen molar-refractivity contribution in [3.05, 3.63) is 12.7 Å². The fourth-order valence-electron chi connectivity index (χ4n) is 1.14. The van der Waals surface area contributed by atoms with Gasteiger partial charge in [0, 0.05) is 20.2 Å². The maximum absolute atomic E-state index is 11.9. The van der Waals surface area contributed by atoms with E-state index in [1.54, 1.807) is 18.1 Å². The van der Waals surface area contributed by atoms with Gasteiger partial charge in [0.25, 0.3) is 0 Å². The molecule has 0 bridgehead atoms. The van der Waals surface area contributed by atoms with Crippen molar-refractivity contribution in [1.29, 1.82) is 0 Å². The van der Waals surface area contributed by atoms with E-state index in [2.05, 4.69) is 6.58 Å². The number of ether oxygens (including phenoxy) is 1. The lowest BCUT2D eigenvalue weighted by Crippen LogP contribution is -2.47. The first-order chi connectivity index (χ1) is 7.04. The van der Waals surface area contributed by atoms with Crippen molar-refractivity contribution >= 4 is 5.91 Å². The first-order valence-electron chi connectivity index (χ1n) is 5.18. The molecule has 0 aliphatic rings. The zero-order valence-electron chi connectivity index (χ0n) is 9.90. The molecule has 0 aliphatic carbocycles. The lowest BCUT2D eigenvalue weighted by atomic mass is 10.0. The molecule has 0 saturated carbocycles. The number of carbonyl (C=O) groups excluding carboxylic acids is 1. The van der Waals surface area contributed by atoms with Gasteiger partial charge in [0.1, 0.15) is 0 Å². The minimum Gasteiger partial charge on any atom is -0.383 e. The third-order valence-corrected chi connectivity index (χ3v) is 2.23. The van der Waals surface area contributed by atoms with Crippen molar-refractivity contribution in [1.82, 2.24) is 4.90 Å². The van der Waals surface area contributed by atoms with Crippen LogP contribution in [0.3, 0.4) is 0 Å². The first-order valence-corrected chi connectivity index (χ1v) is 5.18. The third-order valence-electron chi connectivity index (χ3n) is 2.23. The molecule has 0 aromatic rings. The predicted octanol–water partition coefficient (Wildman–Crippen LogP) is 0.631. The van der Waals surface area contributed by atoms with E-state index in [0.29, 0.717) is 19.7 Å². The van der Waals surface area contributed by atoms with E-state index in [0.717, 1.165) is 0 Å². The topological polar surface area (TPSA) is 55.6 Å². The number of nitrogens with two attached hydrogens (primary N) is 1. The summed E-state index contributed by atoms with van der Waals surface area (Å²) in [6.45, 7) is 9.08. The average molecular weight is 214 g/mol. The molecule has 0 rings (SSSR count). The maximum Gasteiger partial charge on any atom is 0.240 e. The summed E-state index contributed by atoms with van der Waals surface area (Å²) in [6, 6.07) is -0.443. The maximum atomic E-state index is 11.9. The number of methoxy groups -OCH3 is 1. The van der Waals surface area contributed by atoms with Crippen molar-refractivity contribution in [2.45, 2.75) is 19.9 Å². The molecule has 0 aliphatic heterocycles. The zero-order chi connectivity index (χ0) is 11.8. The van der Waals surface area contributed by atoms with Crippen LogP contribution in [0.4, 0.5) is 0 Å². The molecular formula is C11H22N2O2. The summed E-state index contributed by atoms with van der Waals surface area (Å²) in [7, 11) is 1.61. The monoisotopic (exact) mass is 214 g/mol. The number of nitrogens with zero attached hydrogens (tertiary/aromatic N) is 1. The Morgan fingerprint density at radius 3 is 2.60 bits per heavy atom. The van der Waals surface area contributed by atoms with Crippen LogP contribution in [0.25, 0.3) is 0 Å². The number of carbonyl (C=O) groups is 1. The van der Waals surface area contributed by atoms with E-state index in [-0.39, 0.29) is 11.8 Å². The minimum atomic E-state index is -0.443. The van der Waals surface area contributed by atoms with E-state index in [1.807, 2.05) is 13.8 Å². The van der Waals surface area contributed by atoms with Gasteiger partial charge in [0.2, 0.25) is 5.91 Å². The summed E-state index contributed by atoms with van der Waals surface area (Å²) < 4.78 is 4.94. The van der Waals surface area contributed by atoms with Crippen LogP contribution in [-0.4, -0.2) is 43.7 Å². The van der Waals surface area contributed by atoms with Gasteiger partial charge in [-0.25, -0.2) is 0 Å². The molecule has 2 N–H and O–H groups in total. The normalized spacial score (nSPS) is 12.6. The molecule has 0 radical (unpaired) electrons. The Balaban J connectivity index is 4.32. The summed E-state index contributed by atoms with van der Waals surface area (Å²) in [5.41, 5.74) is 5.80. The van der Waals surface area contributed by atoms with Crippen LogP contribution in [0.1, 0.15) is 13.8 Å². The highest BCUT2D eigenvalue weighted by Gasteiger charge is 2.22. The van der Waals surface area contributed by atoms with Gasteiger partial charge in [0.15, 0.2) is 0 Å². The van der Waals surface area contributed by atoms with Crippen molar-refractivity contribution in [2.24, 2.45) is 11.7 Å². The second-order valence-electron chi connectivity index (χ2n) is 3.84. The molecule has 0 spiro atoms. The minimum absolute atomic E-state index is 0.0399. The molecule has 0 heterocycles. The number of hydrogen-bond donors (Lipinski definition) is 1. The standard InChI is InChI=1S/C11H22N2O2/c1-5-6-13(7-8-15-4)11(14)10(12)9(2)3/h5,9-10H,1,6-8,12H2,2-4H3. The average Bonchev–Trinajstić information content (AvgIpc) is 2.22. The largest absolute Gasteiger partial charge is 0.383 e. The lowest BCUT2D eigenvalue weighted by molar-refractivity contribution is -0.133. The Bertz CT molecular complexity index is 205. The smallest absolute Gasteiger partial charge is 0.240 e. The van der Waals surface area contributed by atoms with Gasteiger partial charge in [-0.15, -0.1) is 6.58 Å². The lowest BCUT2D eigenvalue weighted by Gasteiger charge is -2.25. The Hall–Kier alpha value is -0.870. The molecule has 15 heavy (non-hydrogen) atoms. The summed E-state index contributed by atoms with van der Waals surface area (Å²) in [5.74, 6) is 0.106. The van der Waals surface area contributed by atoms with Gasteiger partial charge in [-0.3, -0.25) is 4.79 Å². The van der Waals surface area contributed by atoms with Crippen molar-refractivity contribution in [2.75, 3.05) is 26.8 Å². The predicted molar refractivity (Wildman–Crippen MR) is 61.5 cm³/mol. The Morgan fingerprint density at radius 2 is 2.20 bits per heavy atom. The fourth-order valence-corrected chi connectivity index (χ4v) is 1.14. The van der Waals surface area contributed by atoms with Crippen molar-refractivity contribution < 1.29 is 9.53 Å². The van der Waals surface area contributed by atoms with E-state index in [1.165, 1.54) is 0 Å². The molecule has 0 fully saturated rings. The number of amides is 1. The molecular weight excluding hydrogens is 192 g/mol.